The van der Waals surface area contributed by atoms with Gasteiger partial charge in [-0.1, -0.05) is 42.5 Å². The number of fused-ring (bicyclic) bond motifs is 1. The largest absolute Gasteiger partial charge is 0.460 e. The molecule has 3 aromatic rings. The summed E-state index contributed by atoms with van der Waals surface area (Å²) in [6, 6.07) is 17.0. The molecule has 0 radical (unpaired) electrons. The van der Waals surface area contributed by atoms with E-state index in [1.54, 1.807) is 10.6 Å². The second-order valence-electron chi connectivity index (χ2n) is 7.51. The van der Waals surface area contributed by atoms with Gasteiger partial charge in [-0.05, 0) is 38.5 Å². The van der Waals surface area contributed by atoms with E-state index in [1.807, 2.05) is 69.3 Å². The van der Waals surface area contributed by atoms with E-state index in [2.05, 4.69) is 4.98 Å². The Morgan fingerprint density at radius 3 is 2.41 bits per heavy atom. The minimum Gasteiger partial charge on any atom is -0.460 e. The zero-order chi connectivity index (χ0) is 19.4. The summed E-state index contributed by atoms with van der Waals surface area (Å²) in [5, 5.41) is 0.578. The molecule has 5 heteroatoms. The molecule has 0 spiro atoms. The number of benzene rings is 2. The van der Waals surface area contributed by atoms with E-state index in [9.17, 15) is 9.59 Å². The number of ether oxygens (including phenoxy) is 1. The fourth-order valence-corrected chi connectivity index (χ4v) is 2.94. The number of para-hydroxylation sites is 1. The summed E-state index contributed by atoms with van der Waals surface area (Å²) >= 11 is 0. The molecule has 27 heavy (non-hydrogen) atoms. The van der Waals surface area contributed by atoms with Crippen molar-refractivity contribution in [1.82, 2.24) is 9.55 Å². The van der Waals surface area contributed by atoms with Crippen LogP contribution < -0.4 is 5.56 Å². The highest BCUT2D eigenvalue weighted by atomic mass is 16.6. The van der Waals surface area contributed by atoms with Crippen LogP contribution in [0.25, 0.3) is 10.9 Å². The van der Waals surface area contributed by atoms with Crippen molar-refractivity contribution in [1.29, 1.82) is 0 Å². The number of hydrogen-bond donors (Lipinski definition) is 0. The minimum absolute atomic E-state index is 0.0939. The van der Waals surface area contributed by atoms with Crippen LogP contribution in [-0.4, -0.2) is 21.1 Å². The van der Waals surface area contributed by atoms with Gasteiger partial charge in [0, 0.05) is 6.42 Å². The molecule has 1 heterocycles. The lowest BCUT2D eigenvalue weighted by atomic mass is 10.1. The van der Waals surface area contributed by atoms with Crippen LogP contribution in [-0.2, 0) is 22.5 Å². The molecule has 0 unspecified atom stereocenters. The van der Waals surface area contributed by atoms with Crippen LogP contribution in [0.5, 0.6) is 0 Å². The summed E-state index contributed by atoms with van der Waals surface area (Å²) in [5.41, 5.74) is 1.03. The minimum atomic E-state index is -0.530. The van der Waals surface area contributed by atoms with Crippen LogP contribution in [0.15, 0.2) is 59.4 Å². The number of carbonyl (C=O) groups is 1. The zero-order valence-electron chi connectivity index (χ0n) is 15.9. The summed E-state index contributed by atoms with van der Waals surface area (Å²) in [7, 11) is 0. The molecule has 0 fully saturated rings. The second kappa shape index (κ2) is 7.74. The van der Waals surface area contributed by atoms with Crippen molar-refractivity contribution in [2.24, 2.45) is 0 Å². The summed E-state index contributed by atoms with van der Waals surface area (Å²) < 4.78 is 7.04. The van der Waals surface area contributed by atoms with E-state index < -0.39 is 5.60 Å². The van der Waals surface area contributed by atoms with Gasteiger partial charge in [-0.2, -0.15) is 0 Å². The lowest BCUT2D eigenvalue weighted by Gasteiger charge is -2.20. The molecular weight excluding hydrogens is 340 g/mol. The number of nitrogens with zero attached hydrogens (tertiary/aromatic N) is 2. The van der Waals surface area contributed by atoms with Gasteiger partial charge in [-0.15, -0.1) is 0 Å². The van der Waals surface area contributed by atoms with Crippen molar-refractivity contribution in [2.75, 3.05) is 0 Å². The average molecular weight is 364 g/mol. The second-order valence-corrected chi connectivity index (χ2v) is 7.51. The SMILES string of the molecule is CC(C)(C)OC(=O)CCc1nc2ccccc2c(=O)n1Cc1ccccc1. The molecule has 0 saturated carbocycles. The molecule has 0 amide bonds. The number of hydrogen-bond acceptors (Lipinski definition) is 4. The van der Waals surface area contributed by atoms with Gasteiger partial charge < -0.3 is 4.74 Å². The number of rotatable bonds is 5. The highest BCUT2D eigenvalue weighted by Crippen LogP contribution is 2.13. The van der Waals surface area contributed by atoms with Gasteiger partial charge in [0.2, 0.25) is 0 Å². The first-order chi connectivity index (χ1) is 12.8. The average Bonchev–Trinajstić information content (AvgIpc) is 2.62. The molecule has 2 aromatic carbocycles. The number of esters is 1. The van der Waals surface area contributed by atoms with Crippen LogP contribution in [0.1, 0.15) is 38.6 Å². The molecule has 0 aliphatic rings. The van der Waals surface area contributed by atoms with Crippen LogP contribution in [0.3, 0.4) is 0 Å². The maximum absolute atomic E-state index is 13.0. The fraction of sp³-hybridized carbons (Fsp3) is 0.318. The van der Waals surface area contributed by atoms with E-state index >= 15 is 0 Å². The normalized spacial score (nSPS) is 11.5. The predicted octanol–water partition coefficient (Wildman–Crippen LogP) is 3.72. The Morgan fingerprint density at radius 2 is 1.70 bits per heavy atom. The third kappa shape index (κ3) is 4.82. The van der Waals surface area contributed by atoms with Gasteiger partial charge in [0.1, 0.15) is 11.4 Å². The Hall–Kier alpha value is -2.95. The summed E-state index contributed by atoms with van der Waals surface area (Å²) in [4.78, 5) is 29.8. The maximum atomic E-state index is 13.0. The molecule has 1 aromatic heterocycles. The summed E-state index contributed by atoms with van der Waals surface area (Å²) in [6.07, 6.45) is 0.526. The highest BCUT2D eigenvalue weighted by molar-refractivity contribution is 5.77. The third-order valence-corrected chi connectivity index (χ3v) is 4.10. The van der Waals surface area contributed by atoms with Crippen LogP contribution in [0.4, 0.5) is 0 Å². The Balaban J connectivity index is 1.95. The van der Waals surface area contributed by atoms with Crippen LogP contribution >= 0.6 is 0 Å². The number of carbonyl (C=O) groups excluding carboxylic acids is 1. The molecule has 3 rings (SSSR count). The first-order valence-corrected chi connectivity index (χ1v) is 9.08. The van der Waals surface area contributed by atoms with Crippen molar-refractivity contribution in [3.63, 3.8) is 0 Å². The standard InChI is InChI=1S/C22H24N2O3/c1-22(2,3)27-20(25)14-13-19-23-18-12-8-7-11-17(18)21(26)24(19)15-16-9-5-4-6-10-16/h4-12H,13-15H2,1-3H3. The summed E-state index contributed by atoms with van der Waals surface area (Å²) in [6.45, 7) is 5.93. The van der Waals surface area contributed by atoms with E-state index in [1.165, 1.54) is 0 Å². The first kappa shape index (κ1) is 18.8. The van der Waals surface area contributed by atoms with Gasteiger partial charge in [0.15, 0.2) is 0 Å². The Morgan fingerprint density at radius 1 is 1.04 bits per heavy atom. The van der Waals surface area contributed by atoms with Crippen molar-refractivity contribution in [2.45, 2.75) is 45.8 Å². The van der Waals surface area contributed by atoms with Crippen LogP contribution in [0.2, 0.25) is 0 Å². The molecule has 0 aliphatic carbocycles. The van der Waals surface area contributed by atoms with Crippen LogP contribution in [0, 0.1) is 0 Å². The monoisotopic (exact) mass is 364 g/mol. The van der Waals surface area contributed by atoms with E-state index in [0.29, 0.717) is 29.7 Å². The quantitative estimate of drug-likeness (QED) is 0.648. The van der Waals surface area contributed by atoms with Crippen molar-refractivity contribution in [3.8, 4) is 0 Å². The van der Waals surface area contributed by atoms with E-state index in [0.717, 1.165) is 5.56 Å². The highest BCUT2D eigenvalue weighted by Gasteiger charge is 2.18. The fourth-order valence-electron chi connectivity index (χ4n) is 2.94. The van der Waals surface area contributed by atoms with E-state index in [-0.39, 0.29) is 17.9 Å². The van der Waals surface area contributed by atoms with Gasteiger partial charge in [-0.3, -0.25) is 14.2 Å². The molecule has 140 valence electrons. The molecule has 0 N–H and O–H groups in total. The Bertz CT molecular complexity index is 1000. The van der Waals surface area contributed by atoms with Crippen molar-refractivity contribution >= 4 is 16.9 Å². The third-order valence-electron chi connectivity index (χ3n) is 4.10. The lowest BCUT2D eigenvalue weighted by molar-refractivity contribution is -0.154. The first-order valence-electron chi connectivity index (χ1n) is 9.08. The topological polar surface area (TPSA) is 61.2 Å². The predicted molar refractivity (Wildman–Crippen MR) is 106 cm³/mol. The molecular formula is C22H24N2O3. The molecule has 0 bridgehead atoms. The van der Waals surface area contributed by atoms with Gasteiger partial charge in [0.05, 0.1) is 23.9 Å². The molecule has 0 saturated heterocycles. The number of aromatic nitrogens is 2. The smallest absolute Gasteiger partial charge is 0.306 e. The van der Waals surface area contributed by atoms with Gasteiger partial charge in [-0.25, -0.2) is 4.98 Å². The molecule has 5 nitrogen and oxygen atoms in total. The zero-order valence-corrected chi connectivity index (χ0v) is 15.9. The summed E-state index contributed by atoms with van der Waals surface area (Å²) in [5.74, 6) is 0.296. The maximum Gasteiger partial charge on any atom is 0.306 e. The molecule has 0 atom stereocenters. The lowest BCUT2D eigenvalue weighted by Crippen LogP contribution is -2.28. The van der Waals surface area contributed by atoms with E-state index in [4.69, 9.17) is 4.74 Å². The molecule has 0 aliphatic heterocycles. The van der Waals surface area contributed by atoms with Gasteiger partial charge in [0.25, 0.3) is 5.56 Å². The van der Waals surface area contributed by atoms with Crippen molar-refractivity contribution < 1.29 is 9.53 Å². The van der Waals surface area contributed by atoms with Gasteiger partial charge >= 0.3 is 5.97 Å². The Labute approximate surface area is 158 Å². The number of aryl methyl sites for hydroxylation is 1. The Kier molecular flexibility index (Phi) is 5.40. The van der Waals surface area contributed by atoms with Crippen molar-refractivity contribution in [3.05, 3.63) is 76.3 Å².